The van der Waals surface area contributed by atoms with E-state index in [9.17, 15) is 0 Å². The first kappa shape index (κ1) is 12.4. The van der Waals surface area contributed by atoms with Crippen LogP contribution in [0.1, 0.15) is 38.2 Å². The van der Waals surface area contributed by atoms with Gasteiger partial charge in [-0.1, -0.05) is 31.9 Å². The lowest BCUT2D eigenvalue weighted by Crippen LogP contribution is -2.38. The Bertz CT molecular complexity index is 314. The summed E-state index contributed by atoms with van der Waals surface area (Å²) in [5.41, 5.74) is 1.40. The molecule has 1 aliphatic rings. The van der Waals surface area contributed by atoms with Gasteiger partial charge >= 0.3 is 0 Å². The van der Waals surface area contributed by atoms with Crippen molar-refractivity contribution in [2.75, 3.05) is 13.2 Å². The average Bonchev–Trinajstić information content (AvgIpc) is 2.40. The molecule has 2 nitrogen and oxygen atoms in total. The second-order valence-electron chi connectivity index (χ2n) is 4.85. The van der Waals surface area contributed by atoms with Gasteiger partial charge in [0.2, 0.25) is 0 Å². The number of hydrogen-bond acceptors (Lipinski definition) is 2. The Morgan fingerprint density at radius 3 is 2.71 bits per heavy atom. The minimum absolute atomic E-state index is 0.541. The van der Waals surface area contributed by atoms with E-state index in [2.05, 4.69) is 36.5 Å². The van der Waals surface area contributed by atoms with Gasteiger partial charge in [0.1, 0.15) is 12.4 Å². The van der Waals surface area contributed by atoms with Crippen molar-refractivity contribution in [3.8, 4) is 5.75 Å². The number of rotatable bonds is 5. The third-order valence-electron chi connectivity index (χ3n) is 3.33. The van der Waals surface area contributed by atoms with Gasteiger partial charge in [0, 0.05) is 6.04 Å². The van der Waals surface area contributed by atoms with E-state index in [1.165, 1.54) is 31.2 Å². The van der Waals surface area contributed by atoms with E-state index in [-0.39, 0.29) is 0 Å². The highest BCUT2D eigenvalue weighted by atomic mass is 16.5. The third-order valence-corrected chi connectivity index (χ3v) is 3.33. The number of aryl methyl sites for hydroxylation is 1. The van der Waals surface area contributed by atoms with Crippen LogP contribution in [0, 0.1) is 0 Å². The van der Waals surface area contributed by atoms with E-state index in [4.69, 9.17) is 4.74 Å². The number of hydrogen-bond donors (Lipinski definition) is 1. The first-order valence-corrected chi connectivity index (χ1v) is 6.83. The van der Waals surface area contributed by atoms with Crippen LogP contribution in [0.25, 0.3) is 0 Å². The summed E-state index contributed by atoms with van der Waals surface area (Å²) >= 11 is 0. The Balaban J connectivity index is 1.77. The zero-order valence-electron chi connectivity index (χ0n) is 10.7. The van der Waals surface area contributed by atoms with Crippen molar-refractivity contribution < 1.29 is 4.74 Å². The molecule has 17 heavy (non-hydrogen) atoms. The predicted molar refractivity (Wildman–Crippen MR) is 71.6 cm³/mol. The van der Waals surface area contributed by atoms with Gasteiger partial charge in [-0.3, -0.25) is 0 Å². The van der Waals surface area contributed by atoms with E-state index in [0.29, 0.717) is 6.04 Å². The van der Waals surface area contributed by atoms with Gasteiger partial charge < -0.3 is 10.1 Å². The zero-order valence-corrected chi connectivity index (χ0v) is 10.7. The van der Waals surface area contributed by atoms with Crippen LogP contribution >= 0.6 is 0 Å². The minimum Gasteiger partial charge on any atom is -0.492 e. The van der Waals surface area contributed by atoms with E-state index in [1.54, 1.807) is 0 Å². The zero-order chi connectivity index (χ0) is 11.9. The molecule has 94 valence electrons. The predicted octanol–water partition coefficient (Wildman–Crippen LogP) is 3.16. The fourth-order valence-electron chi connectivity index (χ4n) is 2.30. The summed E-state index contributed by atoms with van der Waals surface area (Å²) in [4.78, 5) is 0. The fourth-order valence-corrected chi connectivity index (χ4v) is 2.30. The maximum atomic E-state index is 5.82. The van der Waals surface area contributed by atoms with Crippen LogP contribution in [0.3, 0.4) is 0 Å². The first-order chi connectivity index (χ1) is 8.38. The van der Waals surface area contributed by atoms with Crippen molar-refractivity contribution in [2.45, 2.75) is 45.1 Å². The van der Waals surface area contributed by atoms with Gasteiger partial charge in [0.15, 0.2) is 0 Å². The molecular formula is C15H23NO. The molecule has 0 saturated carbocycles. The monoisotopic (exact) mass is 233 g/mol. The third kappa shape index (κ3) is 4.04. The molecule has 0 bridgehead atoms. The normalized spacial score (nSPS) is 20.2. The molecule has 1 aromatic rings. The van der Waals surface area contributed by atoms with Crippen molar-refractivity contribution in [2.24, 2.45) is 0 Å². The average molecular weight is 233 g/mol. The topological polar surface area (TPSA) is 21.3 Å². The molecule has 1 unspecified atom stereocenters. The molecule has 1 aliphatic heterocycles. The van der Waals surface area contributed by atoms with Gasteiger partial charge in [-0.15, -0.1) is 0 Å². The Kier molecular flexibility index (Phi) is 4.87. The van der Waals surface area contributed by atoms with Crippen LogP contribution in [0.5, 0.6) is 5.75 Å². The molecule has 0 aliphatic carbocycles. The molecule has 1 saturated heterocycles. The maximum absolute atomic E-state index is 5.82. The summed E-state index contributed by atoms with van der Waals surface area (Å²) < 4.78 is 5.82. The van der Waals surface area contributed by atoms with Crippen LogP contribution in [-0.2, 0) is 6.42 Å². The molecular weight excluding hydrogens is 210 g/mol. The molecule has 2 rings (SSSR count). The minimum atomic E-state index is 0.541. The molecule has 1 heterocycles. The SMILES string of the molecule is CCCc1ccc(OCC2CCCCN2)cc1. The Morgan fingerprint density at radius 1 is 1.24 bits per heavy atom. The van der Waals surface area contributed by atoms with Crippen LogP contribution in [0.2, 0.25) is 0 Å². The Morgan fingerprint density at radius 2 is 2.06 bits per heavy atom. The van der Waals surface area contributed by atoms with E-state index in [0.717, 1.165) is 25.3 Å². The summed E-state index contributed by atoms with van der Waals surface area (Å²) in [5.74, 6) is 0.997. The molecule has 1 aromatic carbocycles. The summed E-state index contributed by atoms with van der Waals surface area (Å²) in [6.07, 6.45) is 6.24. The van der Waals surface area contributed by atoms with Gasteiger partial charge in [0.05, 0.1) is 0 Å². The Hall–Kier alpha value is -1.02. The van der Waals surface area contributed by atoms with Gasteiger partial charge in [-0.2, -0.15) is 0 Å². The number of ether oxygens (including phenoxy) is 1. The number of nitrogens with one attached hydrogen (secondary N) is 1. The molecule has 1 fully saturated rings. The maximum Gasteiger partial charge on any atom is 0.119 e. The molecule has 0 aromatic heterocycles. The van der Waals surface area contributed by atoms with Crippen molar-refractivity contribution in [3.05, 3.63) is 29.8 Å². The number of benzene rings is 1. The lowest BCUT2D eigenvalue weighted by molar-refractivity contribution is 0.239. The van der Waals surface area contributed by atoms with Crippen LogP contribution in [0.4, 0.5) is 0 Å². The molecule has 0 spiro atoms. The van der Waals surface area contributed by atoms with E-state index in [1.807, 2.05) is 0 Å². The highest BCUT2D eigenvalue weighted by Gasteiger charge is 2.12. The highest BCUT2D eigenvalue weighted by Crippen LogP contribution is 2.15. The molecule has 0 amide bonds. The quantitative estimate of drug-likeness (QED) is 0.843. The van der Waals surface area contributed by atoms with E-state index >= 15 is 0 Å². The smallest absolute Gasteiger partial charge is 0.119 e. The van der Waals surface area contributed by atoms with Crippen molar-refractivity contribution in [3.63, 3.8) is 0 Å². The lowest BCUT2D eigenvalue weighted by Gasteiger charge is -2.23. The van der Waals surface area contributed by atoms with Crippen LogP contribution in [0.15, 0.2) is 24.3 Å². The molecule has 1 atom stereocenters. The van der Waals surface area contributed by atoms with Crippen molar-refractivity contribution >= 4 is 0 Å². The summed E-state index contributed by atoms with van der Waals surface area (Å²) in [5, 5.41) is 3.50. The Labute approximate surface area is 104 Å². The summed E-state index contributed by atoms with van der Waals surface area (Å²) in [7, 11) is 0. The van der Waals surface area contributed by atoms with Crippen LogP contribution in [-0.4, -0.2) is 19.2 Å². The molecule has 0 radical (unpaired) electrons. The molecule has 1 N–H and O–H groups in total. The fraction of sp³-hybridized carbons (Fsp3) is 0.600. The second-order valence-corrected chi connectivity index (χ2v) is 4.85. The van der Waals surface area contributed by atoms with Gasteiger partial charge in [0.25, 0.3) is 0 Å². The van der Waals surface area contributed by atoms with Crippen molar-refractivity contribution in [1.82, 2.24) is 5.32 Å². The highest BCUT2D eigenvalue weighted by molar-refractivity contribution is 5.27. The van der Waals surface area contributed by atoms with Crippen LogP contribution < -0.4 is 10.1 Å². The van der Waals surface area contributed by atoms with E-state index < -0.39 is 0 Å². The first-order valence-electron chi connectivity index (χ1n) is 6.83. The van der Waals surface area contributed by atoms with Gasteiger partial charge in [-0.25, -0.2) is 0 Å². The van der Waals surface area contributed by atoms with Gasteiger partial charge in [-0.05, 0) is 43.5 Å². The molecule has 2 heteroatoms. The largest absolute Gasteiger partial charge is 0.492 e. The second kappa shape index (κ2) is 6.65. The summed E-state index contributed by atoms with van der Waals surface area (Å²) in [6, 6.07) is 9.07. The standard InChI is InChI=1S/C15H23NO/c1-2-5-13-7-9-15(10-8-13)17-12-14-6-3-4-11-16-14/h7-10,14,16H,2-6,11-12H2,1H3. The summed E-state index contributed by atoms with van der Waals surface area (Å²) in [6.45, 7) is 4.15. The van der Waals surface area contributed by atoms with Crippen molar-refractivity contribution in [1.29, 1.82) is 0 Å². The lowest BCUT2D eigenvalue weighted by atomic mass is 10.1. The number of piperidine rings is 1.